The molecule has 22 heavy (non-hydrogen) atoms. The van der Waals surface area contributed by atoms with Crippen LogP contribution in [0.1, 0.15) is 52.9 Å². The van der Waals surface area contributed by atoms with Crippen molar-refractivity contribution in [3.63, 3.8) is 0 Å². The van der Waals surface area contributed by atoms with Crippen LogP contribution >= 0.6 is 0 Å². The fourth-order valence-electron chi connectivity index (χ4n) is 3.25. The molecular formula is C17H33N3O2. The molecule has 0 bridgehead atoms. The van der Waals surface area contributed by atoms with E-state index in [2.05, 4.69) is 22.6 Å². The summed E-state index contributed by atoms with van der Waals surface area (Å²) in [6.45, 7) is 10.0. The van der Waals surface area contributed by atoms with Crippen LogP contribution in [0.2, 0.25) is 0 Å². The van der Waals surface area contributed by atoms with Gasteiger partial charge in [0, 0.05) is 6.54 Å². The van der Waals surface area contributed by atoms with Gasteiger partial charge in [-0.2, -0.15) is 0 Å². The highest BCUT2D eigenvalue weighted by Gasteiger charge is 2.39. The van der Waals surface area contributed by atoms with Crippen LogP contribution in [0.4, 0.5) is 4.79 Å². The van der Waals surface area contributed by atoms with Crippen molar-refractivity contribution in [2.75, 3.05) is 33.2 Å². The Labute approximate surface area is 135 Å². The summed E-state index contributed by atoms with van der Waals surface area (Å²) in [6.07, 6.45) is 5.55. The van der Waals surface area contributed by atoms with E-state index in [1.54, 1.807) is 0 Å². The molecule has 1 saturated heterocycles. The number of carbonyl (C=O) groups excluding carboxylic acids is 1. The molecule has 1 saturated carbocycles. The van der Waals surface area contributed by atoms with E-state index in [1.165, 1.54) is 32.4 Å². The van der Waals surface area contributed by atoms with Crippen molar-refractivity contribution < 1.29 is 9.53 Å². The number of nitrogens with zero attached hydrogens (tertiary/aromatic N) is 1. The Morgan fingerprint density at radius 3 is 2.41 bits per heavy atom. The number of likely N-dealkylation sites (tertiary alicyclic amines) is 1. The summed E-state index contributed by atoms with van der Waals surface area (Å²) < 4.78 is 5.39. The lowest BCUT2D eigenvalue weighted by Crippen LogP contribution is -2.60. The van der Waals surface area contributed by atoms with Crippen molar-refractivity contribution in [2.45, 2.75) is 64.0 Å². The SMILES string of the molecule is CN1CCC(CNCC2(NC(=O)OC(C)(C)C)CCC2)CC1. The molecule has 0 atom stereocenters. The fraction of sp³-hybridized carbons (Fsp3) is 0.941. The monoisotopic (exact) mass is 311 g/mol. The van der Waals surface area contributed by atoms with Crippen molar-refractivity contribution in [1.29, 1.82) is 0 Å². The highest BCUT2D eigenvalue weighted by molar-refractivity contribution is 5.69. The molecule has 1 heterocycles. The van der Waals surface area contributed by atoms with E-state index in [0.717, 1.165) is 31.8 Å². The summed E-state index contributed by atoms with van der Waals surface area (Å²) in [7, 11) is 2.19. The molecule has 2 fully saturated rings. The minimum Gasteiger partial charge on any atom is -0.444 e. The average Bonchev–Trinajstić information content (AvgIpc) is 2.36. The van der Waals surface area contributed by atoms with Crippen LogP contribution < -0.4 is 10.6 Å². The van der Waals surface area contributed by atoms with Crippen molar-refractivity contribution in [2.24, 2.45) is 5.92 Å². The number of alkyl carbamates (subject to hydrolysis) is 1. The smallest absolute Gasteiger partial charge is 0.408 e. The number of nitrogens with one attached hydrogen (secondary N) is 2. The van der Waals surface area contributed by atoms with Crippen LogP contribution in [0.15, 0.2) is 0 Å². The topological polar surface area (TPSA) is 53.6 Å². The van der Waals surface area contributed by atoms with Crippen molar-refractivity contribution >= 4 is 6.09 Å². The van der Waals surface area contributed by atoms with Crippen LogP contribution in [0.25, 0.3) is 0 Å². The van der Waals surface area contributed by atoms with Gasteiger partial charge in [-0.05, 0) is 85.5 Å². The zero-order chi connectivity index (χ0) is 16.2. The molecule has 2 N–H and O–H groups in total. The standard InChI is InChI=1S/C17H33N3O2/c1-16(2,3)22-15(21)19-17(8-5-9-17)13-18-12-14-6-10-20(4)11-7-14/h14,18H,5-13H2,1-4H3,(H,19,21). The summed E-state index contributed by atoms with van der Waals surface area (Å²) in [4.78, 5) is 14.4. The predicted octanol–water partition coefficient (Wildman–Crippen LogP) is 2.37. The third kappa shape index (κ3) is 5.43. The van der Waals surface area contributed by atoms with E-state index in [-0.39, 0.29) is 11.6 Å². The van der Waals surface area contributed by atoms with Crippen molar-refractivity contribution in [3.05, 3.63) is 0 Å². The molecule has 1 amide bonds. The Morgan fingerprint density at radius 2 is 1.91 bits per heavy atom. The second kappa shape index (κ2) is 7.18. The molecule has 0 radical (unpaired) electrons. The second-order valence-electron chi connectivity index (χ2n) is 8.14. The number of ether oxygens (including phenoxy) is 1. The molecule has 0 aromatic heterocycles. The van der Waals surface area contributed by atoms with Gasteiger partial charge in [0.05, 0.1) is 5.54 Å². The number of hydrogen-bond donors (Lipinski definition) is 2. The molecule has 128 valence electrons. The zero-order valence-electron chi connectivity index (χ0n) is 14.7. The van der Waals surface area contributed by atoms with Crippen LogP contribution in [0, 0.1) is 5.92 Å². The van der Waals surface area contributed by atoms with Gasteiger partial charge in [-0.3, -0.25) is 0 Å². The lowest BCUT2D eigenvalue weighted by molar-refractivity contribution is 0.0380. The molecule has 1 aliphatic carbocycles. The number of hydrogen-bond acceptors (Lipinski definition) is 4. The lowest BCUT2D eigenvalue weighted by Gasteiger charge is -2.43. The lowest BCUT2D eigenvalue weighted by atomic mass is 9.76. The third-order valence-electron chi connectivity index (χ3n) is 4.81. The normalized spacial score (nSPS) is 22.9. The van der Waals surface area contributed by atoms with Crippen LogP contribution in [-0.2, 0) is 4.74 Å². The molecular weight excluding hydrogens is 278 g/mol. The first-order valence-corrected chi connectivity index (χ1v) is 8.68. The predicted molar refractivity (Wildman–Crippen MR) is 89.0 cm³/mol. The first kappa shape index (κ1) is 17.5. The van der Waals surface area contributed by atoms with Crippen molar-refractivity contribution in [3.8, 4) is 0 Å². The fourth-order valence-corrected chi connectivity index (χ4v) is 3.25. The van der Waals surface area contributed by atoms with Gasteiger partial charge in [0.25, 0.3) is 0 Å². The Hall–Kier alpha value is -0.810. The molecule has 0 unspecified atom stereocenters. The Kier molecular flexibility index (Phi) is 5.72. The molecule has 2 aliphatic rings. The van der Waals surface area contributed by atoms with Crippen molar-refractivity contribution in [1.82, 2.24) is 15.5 Å². The highest BCUT2D eigenvalue weighted by atomic mass is 16.6. The second-order valence-corrected chi connectivity index (χ2v) is 8.14. The largest absolute Gasteiger partial charge is 0.444 e. The Bertz CT molecular complexity index is 367. The molecule has 5 nitrogen and oxygen atoms in total. The van der Waals surface area contributed by atoms with E-state index in [4.69, 9.17) is 4.74 Å². The zero-order valence-corrected chi connectivity index (χ0v) is 14.7. The minimum absolute atomic E-state index is 0.0895. The Morgan fingerprint density at radius 1 is 1.27 bits per heavy atom. The highest BCUT2D eigenvalue weighted by Crippen LogP contribution is 2.31. The summed E-state index contributed by atoms with van der Waals surface area (Å²) in [6, 6.07) is 0. The van der Waals surface area contributed by atoms with E-state index in [9.17, 15) is 4.79 Å². The van der Waals surface area contributed by atoms with E-state index in [1.807, 2.05) is 20.8 Å². The Balaban J connectivity index is 1.71. The average molecular weight is 311 g/mol. The van der Waals surface area contributed by atoms with Gasteiger partial charge in [-0.1, -0.05) is 0 Å². The van der Waals surface area contributed by atoms with Gasteiger partial charge < -0.3 is 20.3 Å². The molecule has 2 rings (SSSR count). The molecule has 0 aromatic rings. The summed E-state index contributed by atoms with van der Waals surface area (Å²) in [5, 5.41) is 6.69. The quantitative estimate of drug-likeness (QED) is 0.818. The van der Waals surface area contributed by atoms with Gasteiger partial charge in [0.1, 0.15) is 5.60 Å². The van der Waals surface area contributed by atoms with E-state index < -0.39 is 5.60 Å². The van der Waals surface area contributed by atoms with E-state index >= 15 is 0 Å². The maximum Gasteiger partial charge on any atom is 0.408 e. The summed E-state index contributed by atoms with van der Waals surface area (Å²) in [5.74, 6) is 0.773. The summed E-state index contributed by atoms with van der Waals surface area (Å²) in [5.41, 5.74) is -0.523. The first-order chi connectivity index (χ1) is 10.3. The number of carbonyl (C=O) groups is 1. The van der Waals surface area contributed by atoms with Gasteiger partial charge in [0.2, 0.25) is 0 Å². The van der Waals surface area contributed by atoms with Crippen LogP contribution in [-0.4, -0.2) is 55.4 Å². The number of rotatable bonds is 5. The third-order valence-corrected chi connectivity index (χ3v) is 4.81. The van der Waals surface area contributed by atoms with Crippen LogP contribution in [0.5, 0.6) is 0 Å². The number of piperidine rings is 1. The van der Waals surface area contributed by atoms with Crippen LogP contribution in [0.3, 0.4) is 0 Å². The van der Waals surface area contributed by atoms with E-state index in [0.29, 0.717) is 0 Å². The van der Waals surface area contributed by atoms with Gasteiger partial charge in [-0.25, -0.2) is 4.79 Å². The molecule has 0 spiro atoms. The maximum absolute atomic E-state index is 12.0. The minimum atomic E-state index is -0.434. The molecule has 1 aliphatic heterocycles. The van der Waals surface area contributed by atoms with Gasteiger partial charge in [0.15, 0.2) is 0 Å². The van der Waals surface area contributed by atoms with Gasteiger partial charge >= 0.3 is 6.09 Å². The molecule has 5 heteroatoms. The maximum atomic E-state index is 12.0. The first-order valence-electron chi connectivity index (χ1n) is 8.68. The van der Waals surface area contributed by atoms with Gasteiger partial charge in [-0.15, -0.1) is 0 Å². The molecule has 0 aromatic carbocycles. The summed E-state index contributed by atoms with van der Waals surface area (Å²) >= 11 is 0. The number of amides is 1.